The van der Waals surface area contributed by atoms with E-state index in [9.17, 15) is 4.79 Å². The molecule has 2 aliphatic carbocycles. The molecule has 3 unspecified atom stereocenters. The van der Waals surface area contributed by atoms with Gasteiger partial charge in [-0.15, -0.1) is 0 Å². The van der Waals surface area contributed by atoms with Crippen molar-refractivity contribution in [2.75, 3.05) is 6.54 Å². The van der Waals surface area contributed by atoms with Crippen molar-refractivity contribution in [1.82, 2.24) is 10.3 Å². The third-order valence-electron chi connectivity index (χ3n) is 4.88. The standard InChI is InChI=1S/C16H21ClN2O/c1-2-14-7-12(8-15(17)19-14)16(20)18-9-13-6-10-3-4-11(13)5-10/h7-8,10-11,13H,2-6,9H2,1H3,(H,18,20). The Balaban J connectivity index is 1.60. The lowest BCUT2D eigenvalue weighted by Crippen LogP contribution is -2.31. The highest BCUT2D eigenvalue weighted by Gasteiger charge is 2.39. The van der Waals surface area contributed by atoms with Gasteiger partial charge in [-0.3, -0.25) is 4.79 Å². The van der Waals surface area contributed by atoms with Gasteiger partial charge in [0.2, 0.25) is 0 Å². The molecule has 2 bridgehead atoms. The van der Waals surface area contributed by atoms with Gasteiger partial charge in [0.05, 0.1) is 0 Å². The molecule has 0 spiro atoms. The molecule has 4 heteroatoms. The number of halogens is 1. The summed E-state index contributed by atoms with van der Waals surface area (Å²) < 4.78 is 0. The van der Waals surface area contributed by atoms with Crippen molar-refractivity contribution in [3.05, 3.63) is 28.5 Å². The second-order valence-electron chi connectivity index (χ2n) is 6.17. The fraction of sp³-hybridized carbons (Fsp3) is 0.625. The first-order chi connectivity index (χ1) is 9.65. The number of carbonyl (C=O) groups excluding carboxylic acids is 1. The Kier molecular flexibility index (Phi) is 3.97. The first-order valence-electron chi connectivity index (χ1n) is 7.60. The van der Waals surface area contributed by atoms with Gasteiger partial charge in [0.15, 0.2) is 0 Å². The Morgan fingerprint density at radius 1 is 1.40 bits per heavy atom. The highest BCUT2D eigenvalue weighted by atomic mass is 35.5. The third kappa shape index (κ3) is 2.83. The maximum atomic E-state index is 12.2. The van der Waals surface area contributed by atoms with Crippen LogP contribution in [0.25, 0.3) is 0 Å². The molecule has 1 aromatic rings. The van der Waals surface area contributed by atoms with Crippen LogP contribution < -0.4 is 5.32 Å². The van der Waals surface area contributed by atoms with E-state index in [1.165, 1.54) is 25.7 Å². The van der Waals surface area contributed by atoms with Crippen molar-refractivity contribution in [3.63, 3.8) is 0 Å². The molecule has 1 N–H and O–H groups in total. The van der Waals surface area contributed by atoms with Gasteiger partial charge in [-0.05, 0) is 55.6 Å². The summed E-state index contributed by atoms with van der Waals surface area (Å²) in [6.45, 7) is 2.82. The van der Waals surface area contributed by atoms with Gasteiger partial charge in [-0.2, -0.15) is 0 Å². The van der Waals surface area contributed by atoms with E-state index in [0.717, 1.165) is 30.5 Å². The Bertz CT molecular complexity index is 517. The number of carbonyl (C=O) groups is 1. The molecule has 0 aromatic carbocycles. The van der Waals surface area contributed by atoms with Crippen LogP contribution in [0.2, 0.25) is 5.15 Å². The number of amides is 1. The summed E-state index contributed by atoms with van der Waals surface area (Å²) in [6, 6.07) is 3.48. The normalized spacial score (nSPS) is 27.8. The number of nitrogens with zero attached hydrogens (tertiary/aromatic N) is 1. The zero-order valence-electron chi connectivity index (χ0n) is 11.9. The van der Waals surface area contributed by atoms with E-state index in [2.05, 4.69) is 10.3 Å². The smallest absolute Gasteiger partial charge is 0.251 e. The van der Waals surface area contributed by atoms with Crippen molar-refractivity contribution in [3.8, 4) is 0 Å². The summed E-state index contributed by atoms with van der Waals surface area (Å²) in [4.78, 5) is 16.4. The Morgan fingerprint density at radius 3 is 2.90 bits per heavy atom. The van der Waals surface area contributed by atoms with Crippen LogP contribution in [0.3, 0.4) is 0 Å². The van der Waals surface area contributed by atoms with Crippen molar-refractivity contribution in [1.29, 1.82) is 0 Å². The molecule has 1 heterocycles. The summed E-state index contributed by atoms with van der Waals surface area (Å²) in [6.07, 6.45) is 6.21. The van der Waals surface area contributed by atoms with E-state index in [-0.39, 0.29) is 5.91 Å². The Labute approximate surface area is 125 Å². The number of hydrogen-bond acceptors (Lipinski definition) is 2. The lowest BCUT2D eigenvalue weighted by atomic mass is 9.89. The van der Waals surface area contributed by atoms with Gasteiger partial charge in [0.25, 0.3) is 5.91 Å². The molecule has 1 amide bonds. The summed E-state index contributed by atoms with van der Waals surface area (Å²) in [5.74, 6) is 2.42. The molecule has 2 saturated carbocycles. The first-order valence-corrected chi connectivity index (χ1v) is 7.98. The molecule has 0 radical (unpaired) electrons. The molecule has 20 heavy (non-hydrogen) atoms. The van der Waals surface area contributed by atoms with Crippen molar-refractivity contribution < 1.29 is 4.79 Å². The van der Waals surface area contributed by atoms with Gasteiger partial charge >= 0.3 is 0 Å². The highest BCUT2D eigenvalue weighted by molar-refractivity contribution is 6.29. The molecule has 3 atom stereocenters. The van der Waals surface area contributed by atoms with Gasteiger partial charge in [-0.25, -0.2) is 4.98 Å². The molecule has 1 aromatic heterocycles. The van der Waals surface area contributed by atoms with E-state index in [1.54, 1.807) is 6.07 Å². The molecule has 2 aliphatic rings. The third-order valence-corrected chi connectivity index (χ3v) is 5.07. The number of aromatic nitrogens is 1. The molecule has 108 valence electrons. The van der Waals surface area contributed by atoms with Crippen LogP contribution >= 0.6 is 11.6 Å². The SMILES string of the molecule is CCc1cc(C(=O)NCC2CC3CCC2C3)cc(Cl)n1. The van der Waals surface area contributed by atoms with Crippen LogP contribution in [0.1, 0.15) is 48.7 Å². The number of rotatable bonds is 4. The van der Waals surface area contributed by atoms with E-state index in [1.807, 2.05) is 13.0 Å². The van der Waals surface area contributed by atoms with Crippen LogP contribution in [0.4, 0.5) is 0 Å². The quantitative estimate of drug-likeness (QED) is 0.864. The summed E-state index contributed by atoms with van der Waals surface area (Å²) in [7, 11) is 0. The summed E-state index contributed by atoms with van der Waals surface area (Å²) >= 11 is 5.96. The highest BCUT2D eigenvalue weighted by Crippen LogP contribution is 2.47. The second kappa shape index (κ2) is 5.72. The second-order valence-corrected chi connectivity index (χ2v) is 6.56. The molecule has 0 aliphatic heterocycles. The minimum absolute atomic E-state index is 0.0215. The molecule has 3 rings (SSSR count). The van der Waals surface area contributed by atoms with Crippen molar-refractivity contribution in [2.24, 2.45) is 17.8 Å². The fourth-order valence-electron chi connectivity index (χ4n) is 3.82. The minimum atomic E-state index is -0.0215. The van der Waals surface area contributed by atoms with E-state index in [0.29, 0.717) is 16.6 Å². The number of nitrogens with one attached hydrogen (secondary N) is 1. The Morgan fingerprint density at radius 2 is 2.25 bits per heavy atom. The van der Waals surface area contributed by atoms with Crippen LogP contribution in [-0.4, -0.2) is 17.4 Å². The maximum absolute atomic E-state index is 12.2. The Hall–Kier alpha value is -1.09. The lowest BCUT2D eigenvalue weighted by molar-refractivity contribution is 0.0941. The lowest BCUT2D eigenvalue weighted by Gasteiger charge is -2.21. The molecule has 3 nitrogen and oxygen atoms in total. The number of hydrogen-bond donors (Lipinski definition) is 1. The van der Waals surface area contributed by atoms with Crippen LogP contribution in [-0.2, 0) is 6.42 Å². The molecular weight excluding hydrogens is 272 g/mol. The van der Waals surface area contributed by atoms with E-state index in [4.69, 9.17) is 11.6 Å². The fourth-order valence-corrected chi connectivity index (χ4v) is 4.04. The molecule has 2 fully saturated rings. The topological polar surface area (TPSA) is 42.0 Å². The average Bonchev–Trinajstić information content (AvgIpc) is 3.06. The number of pyridine rings is 1. The van der Waals surface area contributed by atoms with Crippen molar-refractivity contribution >= 4 is 17.5 Å². The minimum Gasteiger partial charge on any atom is -0.352 e. The largest absolute Gasteiger partial charge is 0.352 e. The number of aryl methyl sites for hydroxylation is 1. The predicted octanol–water partition coefficient (Wildman–Crippen LogP) is 3.46. The average molecular weight is 293 g/mol. The van der Waals surface area contributed by atoms with E-state index >= 15 is 0 Å². The number of fused-ring (bicyclic) bond motifs is 2. The van der Waals surface area contributed by atoms with Gasteiger partial charge in [0, 0.05) is 17.8 Å². The predicted molar refractivity (Wildman–Crippen MR) is 79.9 cm³/mol. The summed E-state index contributed by atoms with van der Waals surface area (Å²) in [5, 5.41) is 3.48. The maximum Gasteiger partial charge on any atom is 0.251 e. The van der Waals surface area contributed by atoms with Crippen LogP contribution in [0.15, 0.2) is 12.1 Å². The summed E-state index contributed by atoms with van der Waals surface area (Å²) in [5.41, 5.74) is 1.49. The van der Waals surface area contributed by atoms with Crippen LogP contribution in [0, 0.1) is 17.8 Å². The van der Waals surface area contributed by atoms with E-state index < -0.39 is 0 Å². The zero-order valence-corrected chi connectivity index (χ0v) is 12.6. The zero-order chi connectivity index (χ0) is 14.1. The van der Waals surface area contributed by atoms with Gasteiger partial charge in [-0.1, -0.05) is 24.9 Å². The first kappa shape index (κ1) is 13.9. The van der Waals surface area contributed by atoms with Gasteiger partial charge in [0.1, 0.15) is 5.15 Å². The van der Waals surface area contributed by atoms with Crippen molar-refractivity contribution in [2.45, 2.75) is 39.0 Å². The molecule has 0 saturated heterocycles. The molecular formula is C16H21ClN2O. The van der Waals surface area contributed by atoms with Gasteiger partial charge < -0.3 is 5.32 Å². The van der Waals surface area contributed by atoms with Crippen LogP contribution in [0.5, 0.6) is 0 Å². The monoisotopic (exact) mass is 292 g/mol.